The Labute approximate surface area is 191 Å². The topological polar surface area (TPSA) is 191 Å². The lowest BCUT2D eigenvalue weighted by atomic mass is 10.0. The molecule has 0 aliphatic rings. The van der Waals surface area contributed by atoms with Crippen LogP contribution in [0.1, 0.15) is 16.1 Å². The van der Waals surface area contributed by atoms with E-state index in [4.69, 9.17) is 10.3 Å². The number of nitrogens with zero attached hydrogens (tertiary/aromatic N) is 2. The second-order valence-corrected chi connectivity index (χ2v) is 9.88. The average Bonchev–Trinajstić information content (AvgIpc) is 3.18. The fourth-order valence-corrected chi connectivity index (χ4v) is 4.16. The summed E-state index contributed by atoms with van der Waals surface area (Å²) in [5.41, 5.74) is -1.07. The largest absolute Gasteiger partial charge is 0.296 e. The minimum atomic E-state index is -4.39. The van der Waals surface area contributed by atoms with Crippen LogP contribution < -0.4 is 15.0 Å². The molecule has 0 saturated heterocycles. The molecule has 0 aliphatic heterocycles. The first kappa shape index (κ1) is 23.4. The van der Waals surface area contributed by atoms with Gasteiger partial charge in [0.15, 0.2) is 11.5 Å². The van der Waals surface area contributed by atoms with Crippen molar-refractivity contribution in [1.29, 1.82) is 0 Å². The summed E-state index contributed by atoms with van der Waals surface area (Å²) in [5, 5.41) is 16.3. The number of primary sulfonamides is 1. The van der Waals surface area contributed by atoms with Crippen LogP contribution in [0.5, 0.6) is 0 Å². The average molecular weight is 508 g/mol. The highest BCUT2D eigenvalue weighted by Gasteiger charge is 2.26. The van der Waals surface area contributed by atoms with Gasteiger partial charge in [0.25, 0.3) is 10.2 Å². The molecule has 0 bridgehead atoms. The minimum absolute atomic E-state index is 0.108. The summed E-state index contributed by atoms with van der Waals surface area (Å²) in [6, 6.07) is 8.44. The van der Waals surface area contributed by atoms with Gasteiger partial charge in [-0.05, 0) is 35.9 Å². The maximum Gasteiger partial charge on any atom is 0.296 e. The highest BCUT2D eigenvalue weighted by molar-refractivity contribution is 7.90. The molecule has 15 heteroatoms. The number of H-pyrrole nitrogens is 1. The number of ketones is 1. The Morgan fingerprint density at radius 1 is 0.971 bits per heavy atom. The van der Waals surface area contributed by atoms with Crippen LogP contribution in [-0.4, -0.2) is 37.8 Å². The third-order valence-electron chi connectivity index (χ3n) is 4.72. The molecule has 4 rings (SSSR count). The monoisotopic (exact) mass is 508 g/mol. The van der Waals surface area contributed by atoms with E-state index < -0.39 is 48.9 Å². The molecule has 0 aliphatic carbocycles. The van der Waals surface area contributed by atoms with Crippen molar-refractivity contribution in [1.82, 2.24) is 15.2 Å². The van der Waals surface area contributed by atoms with Crippen LogP contribution in [0.25, 0.3) is 22.2 Å². The number of fused-ring (bicyclic) bond motifs is 1. The van der Waals surface area contributed by atoms with E-state index in [9.17, 15) is 30.4 Å². The third kappa shape index (κ3) is 4.49. The number of nitrogens with one attached hydrogen (secondary N) is 2. The molecule has 0 spiro atoms. The van der Waals surface area contributed by atoms with Crippen LogP contribution in [0.3, 0.4) is 0 Å². The third-order valence-corrected chi connectivity index (χ3v) is 6.15. The summed E-state index contributed by atoms with van der Waals surface area (Å²) >= 11 is 0. The lowest BCUT2D eigenvalue weighted by Crippen LogP contribution is -2.23. The molecule has 0 unspecified atom stereocenters. The van der Waals surface area contributed by atoms with E-state index in [1.807, 2.05) is 0 Å². The van der Waals surface area contributed by atoms with E-state index in [-0.39, 0.29) is 21.6 Å². The smallest absolute Gasteiger partial charge is 0.287 e. The van der Waals surface area contributed by atoms with Crippen molar-refractivity contribution in [3.05, 3.63) is 71.6 Å². The number of carbonyl (C=O) groups excluding carboxylic acids is 1. The van der Waals surface area contributed by atoms with Crippen LogP contribution >= 0.6 is 0 Å². The summed E-state index contributed by atoms with van der Waals surface area (Å²) in [6.45, 7) is 0. The molecule has 0 radical (unpaired) electrons. The molecule has 176 valence electrons. The summed E-state index contributed by atoms with van der Waals surface area (Å²) in [5.74, 6) is -3.90. The molecule has 0 atom stereocenters. The Balaban J connectivity index is 1.79. The molecule has 2 aromatic carbocycles. The number of sulfonamides is 1. The summed E-state index contributed by atoms with van der Waals surface area (Å²) in [7, 11) is -8.29. The number of hydrogen-bond donors (Lipinski definition) is 4. The molecule has 11 nitrogen and oxygen atoms in total. The van der Waals surface area contributed by atoms with Crippen LogP contribution in [0.4, 0.5) is 14.5 Å². The second-order valence-electron chi connectivity index (χ2n) is 7.02. The Morgan fingerprint density at radius 3 is 2.26 bits per heavy atom. The number of carbonyl (C=O) groups is 1. The second kappa shape index (κ2) is 8.21. The number of benzene rings is 2. The van der Waals surface area contributed by atoms with Crippen molar-refractivity contribution in [2.45, 2.75) is 4.90 Å². The van der Waals surface area contributed by atoms with E-state index in [0.29, 0.717) is 17.2 Å². The van der Waals surface area contributed by atoms with Crippen LogP contribution in [0.2, 0.25) is 0 Å². The van der Waals surface area contributed by atoms with E-state index in [0.717, 1.165) is 6.07 Å². The van der Waals surface area contributed by atoms with E-state index in [1.165, 1.54) is 36.5 Å². The molecule has 2 heterocycles. The maximum atomic E-state index is 14.8. The van der Waals surface area contributed by atoms with Gasteiger partial charge in [-0.15, -0.1) is 0 Å². The molecule has 34 heavy (non-hydrogen) atoms. The number of hydrogen-bond acceptors (Lipinski definition) is 7. The van der Waals surface area contributed by atoms with Gasteiger partial charge < -0.3 is 0 Å². The van der Waals surface area contributed by atoms with Crippen LogP contribution in [0.15, 0.2) is 53.6 Å². The van der Waals surface area contributed by atoms with Gasteiger partial charge in [-0.1, -0.05) is 12.1 Å². The number of rotatable bonds is 6. The number of aromatic nitrogens is 3. The van der Waals surface area contributed by atoms with Gasteiger partial charge in [0.1, 0.15) is 11.5 Å². The molecular formula is C19H14F2N6O5S2. The molecule has 6 N–H and O–H groups in total. The number of halogens is 2. The van der Waals surface area contributed by atoms with Crippen molar-refractivity contribution >= 4 is 42.7 Å². The van der Waals surface area contributed by atoms with Gasteiger partial charge in [-0.3, -0.25) is 14.6 Å². The predicted octanol–water partition coefficient (Wildman–Crippen LogP) is 1.40. The van der Waals surface area contributed by atoms with Crippen molar-refractivity contribution in [2.24, 2.45) is 10.3 Å². The van der Waals surface area contributed by atoms with Gasteiger partial charge in [0.2, 0.25) is 15.8 Å². The molecule has 2 aromatic heterocycles. The van der Waals surface area contributed by atoms with Crippen LogP contribution in [-0.2, 0) is 20.2 Å². The quantitative estimate of drug-likeness (QED) is 0.283. The van der Waals surface area contributed by atoms with Crippen molar-refractivity contribution in [3.8, 4) is 11.1 Å². The SMILES string of the molecule is NS(=O)(=O)Nc1ccc(F)c(C(=O)c2n[nH]c3ncc(-c4ccc(S(N)(=O)=O)cc4)cc23)c1F. The Hall–Kier alpha value is -3.79. The maximum absolute atomic E-state index is 14.8. The van der Waals surface area contributed by atoms with Gasteiger partial charge in [-0.25, -0.2) is 32.5 Å². The van der Waals surface area contributed by atoms with Gasteiger partial charge in [0, 0.05) is 11.8 Å². The summed E-state index contributed by atoms with van der Waals surface area (Å²) < 4.78 is 76.2. The van der Waals surface area contributed by atoms with Crippen molar-refractivity contribution in [2.75, 3.05) is 4.72 Å². The van der Waals surface area contributed by atoms with Gasteiger partial charge in [0.05, 0.1) is 21.5 Å². The first-order chi connectivity index (χ1) is 15.8. The molecular weight excluding hydrogens is 494 g/mol. The highest BCUT2D eigenvalue weighted by atomic mass is 32.2. The first-order valence-corrected chi connectivity index (χ1v) is 12.2. The lowest BCUT2D eigenvalue weighted by molar-refractivity contribution is 0.102. The number of pyridine rings is 1. The first-order valence-electron chi connectivity index (χ1n) is 9.16. The molecule has 0 fully saturated rings. The number of nitrogens with two attached hydrogens (primary N) is 2. The zero-order valence-corrected chi connectivity index (χ0v) is 18.4. The van der Waals surface area contributed by atoms with Gasteiger partial charge in [-0.2, -0.15) is 13.5 Å². The Kier molecular flexibility index (Phi) is 5.64. The van der Waals surface area contributed by atoms with E-state index in [1.54, 1.807) is 4.72 Å². The van der Waals surface area contributed by atoms with E-state index in [2.05, 4.69) is 15.2 Å². The zero-order chi connectivity index (χ0) is 24.8. The molecule has 4 aromatic rings. The number of anilines is 1. The number of aromatic amines is 1. The lowest BCUT2D eigenvalue weighted by Gasteiger charge is -2.09. The fraction of sp³-hybridized carbons (Fsp3) is 0. The predicted molar refractivity (Wildman–Crippen MR) is 117 cm³/mol. The standard InChI is InChI=1S/C19H14F2N6O5S2/c20-13-5-6-14(27-34(23,31)32)16(21)15(13)18(28)17-12-7-10(8-24-19(12)26-25-17)9-1-3-11(4-2-9)33(22,29)30/h1-8,27H,(H2,22,29,30)(H2,23,31,32)(H,24,25,26). The van der Waals surface area contributed by atoms with E-state index >= 15 is 0 Å². The van der Waals surface area contributed by atoms with Crippen molar-refractivity contribution in [3.63, 3.8) is 0 Å². The Bertz CT molecular complexity index is 1670. The highest BCUT2D eigenvalue weighted by Crippen LogP contribution is 2.28. The summed E-state index contributed by atoms with van der Waals surface area (Å²) in [4.78, 5) is 17.0. The minimum Gasteiger partial charge on any atom is -0.287 e. The summed E-state index contributed by atoms with van der Waals surface area (Å²) in [6.07, 6.45) is 1.42. The fourth-order valence-electron chi connectivity index (χ4n) is 3.18. The normalized spacial score (nSPS) is 12.1. The zero-order valence-electron chi connectivity index (χ0n) is 16.8. The van der Waals surface area contributed by atoms with Crippen LogP contribution in [0, 0.1) is 11.6 Å². The molecule has 0 amide bonds. The van der Waals surface area contributed by atoms with Crippen molar-refractivity contribution < 1.29 is 30.4 Å². The van der Waals surface area contributed by atoms with Gasteiger partial charge >= 0.3 is 0 Å². The molecule has 0 saturated carbocycles. The Morgan fingerprint density at radius 2 is 1.65 bits per heavy atom.